The Kier molecular flexibility index (Phi) is 5.23. The molecule has 0 N–H and O–H groups in total. The van der Waals surface area contributed by atoms with Gasteiger partial charge in [-0.1, -0.05) is 11.6 Å². The molecule has 154 valence electrons. The van der Waals surface area contributed by atoms with Crippen LogP contribution in [0.4, 0.5) is 0 Å². The van der Waals surface area contributed by atoms with Crippen molar-refractivity contribution in [3.63, 3.8) is 0 Å². The summed E-state index contributed by atoms with van der Waals surface area (Å²) in [6.07, 6.45) is 10.5. The van der Waals surface area contributed by atoms with Crippen LogP contribution in [0.25, 0.3) is 5.69 Å². The van der Waals surface area contributed by atoms with Gasteiger partial charge in [0.15, 0.2) is 5.69 Å². The number of rotatable bonds is 5. The summed E-state index contributed by atoms with van der Waals surface area (Å²) < 4.78 is 7.86. The molecule has 1 aliphatic carbocycles. The predicted molar refractivity (Wildman–Crippen MR) is 109 cm³/mol. The van der Waals surface area contributed by atoms with E-state index in [1.807, 2.05) is 29.2 Å². The molecule has 0 bridgehead atoms. The van der Waals surface area contributed by atoms with Crippen molar-refractivity contribution in [1.82, 2.24) is 24.8 Å². The first kappa shape index (κ1) is 18.6. The number of hydrogen-bond acceptors (Lipinski definition) is 5. The van der Waals surface area contributed by atoms with Crippen molar-refractivity contribution in [1.29, 1.82) is 0 Å². The van der Waals surface area contributed by atoms with Gasteiger partial charge in [-0.05, 0) is 62.8 Å². The second kappa shape index (κ2) is 8.14. The molecule has 1 aromatic carbocycles. The number of carbonyl (C=O) groups excluding carboxylic acids is 1. The first-order valence-electron chi connectivity index (χ1n) is 11.0. The zero-order valence-electron chi connectivity index (χ0n) is 16.9. The van der Waals surface area contributed by atoms with E-state index in [0.29, 0.717) is 11.8 Å². The lowest BCUT2D eigenvalue weighted by atomic mass is 9.90. The van der Waals surface area contributed by atoms with Crippen molar-refractivity contribution in [2.45, 2.75) is 57.1 Å². The molecule has 5 rings (SSSR count). The molecule has 0 spiro atoms. The first-order chi connectivity index (χ1) is 14.3. The van der Waals surface area contributed by atoms with Crippen LogP contribution in [0.5, 0.6) is 5.75 Å². The summed E-state index contributed by atoms with van der Waals surface area (Å²) >= 11 is 0. The molecule has 0 unspecified atom stereocenters. The van der Waals surface area contributed by atoms with Crippen LogP contribution >= 0.6 is 0 Å². The molecule has 2 aromatic rings. The molecule has 3 aliphatic rings. The van der Waals surface area contributed by atoms with E-state index in [9.17, 15) is 4.79 Å². The molecular formula is C22H29N5O2. The van der Waals surface area contributed by atoms with Crippen LogP contribution in [0.15, 0.2) is 30.5 Å². The van der Waals surface area contributed by atoms with Gasteiger partial charge in [0, 0.05) is 32.2 Å². The van der Waals surface area contributed by atoms with Crippen LogP contribution < -0.4 is 4.74 Å². The maximum absolute atomic E-state index is 12.4. The van der Waals surface area contributed by atoms with Crippen molar-refractivity contribution in [2.24, 2.45) is 0 Å². The third-order valence-electron chi connectivity index (χ3n) is 6.58. The number of nitrogens with zero attached hydrogens (tertiary/aromatic N) is 5. The molecule has 3 heterocycles. The van der Waals surface area contributed by atoms with Crippen LogP contribution in [0.1, 0.15) is 55.4 Å². The Bertz CT molecular complexity index is 831. The van der Waals surface area contributed by atoms with Crippen molar-refractivity contribution in [2.75, 3.05) is 26.2 Å². The van der Waals surface area contributed by atoms with E-state index in [1.165, 1.54) is 19.3 Å². The third-order valence-corrected chi connectivity index (χ3v) is 6.58. The van der Waals surface area contributed by atoms with Crippen molar-refractivity contribution >= 4 is 5.91 Å². The second-order valence-electron chi connectivity index (χ2n) is 8.48. The van der Waals surface area contributed by atoms with Gasteiger partial charge in [-0.25, -0.2) is 4.68 Å². The molecule has 1 aromatic heterocycles. The van der Waals surface area contributed by atoms with E-state index in [2.05, 4.69) is 15.2 Å². The predicted octanol–water partition coefficient (Wildman–Crippen LogP) is 2.90. The van der Waals surface area contributed by atoms with Crippen molar-refractivity contribution < 1.29 is 9.53 Å². The van der Waals surface area contributed by atoms with Crippen LogP contribution in [-0.2, 0) is 0 Å². The second-order valence-corrected chi connectivity index (χ2v) is 8.48. The molecule has 3 fully saturated rings. The monoisotopic (exact) mass is 395 g/mol. The van der Waals surface area contributed by atoms with E-state index in [0.717, 1.165) is 69.3 Å². The molecule has 2 saturated heterocycles. The fraction of sp³-hybridized carbons (Fsp3) is 0.591. The molecule has 1 amide bonds. The van der Waals surface area contributed by atoms with Gasteiger partial charge in [0.2, 0.25) is 0 Å². The number of benzene rings is 1. The summed E-state index contributed by atoms with van der Waals surface area (Å²) in [7, 11) is 0. The summed E-state index contributed by atoms with van der Waals surface area (Å²) in [5.41, 5.74) is 1.29. The van der Waals surface area contributed by atoms with Crippen LogP contribution in [-0.4, -0.2) is 69.0 Å². The molecule has 29 heavy (non-hydrogen) atoms. The fourth-order valence-electron chi connectivity index (χ4n) is 4.55. The quantitative estimate of drug-likeness (QED) is 0.779. The number of piperidine rings is 1. The SMILES string of the molecule is O=C(c1cn(-c2ccc(OC3CCN(C4CCC4)CC3)cc2)nn1)N1CCCC1. The third kappa shape index (κ3) is 4.01. The topological polar surface area (TPSA) is 63.5 Å². The van der Waals surface area contributed by atoms with Crippen molar-refractivity contribution in [3.05, 3.63) is 36.2 Å². The number of likely N-dealkylation sites (tertiary alicyclic amines) is 2. The Morgan fingerprint density at radius 3 is 2.31 bits per heavy atom. The normalized spacial score (nSPS) is 21.3. The zero-order valence-corrected chi connectivity index (χ0v) is 16.9. The van der Waals surface area contributed by atoms with Gasteiger partial charge in [-0.2, -0.15) is 0 Å². The smallest absolute Gasteiger partial charge is 0.276 e. The minimum Gasteiger partial charge on any atom is -0.490 e. The van der Waals surface area contributed by atoms with E-state index < -0.39 is 0 Å². The van der Waals surface area contributed by atoms with Gasteiger partial charge in [0.25, 0.3) is 5.91 Å². The Morgan fingerprint density at radius 1 is 0.931 bits per heavy atom. The molecule has 7 nitrogen and oxygen atoms in total. The highest BCUT2D eigenvalue weighted by Crippen LogP contribution is 2.28. The molecular weight excluding hydrogens is 366 g/mol. The highest BCUT2D eigenvalue weighted by atomic mass is 16.5. The van der Waals surface area contributed by atoms with Crippen LogP contribution in [0.3, 0.4) is 0 Å². The van der Waals surface area contributed by atoms with Gasteiger partial charge in [-0.15, -0.1) is 5.10 Å². The van der Waals surface area contributed by atoms with E-state index in [-0.39, 0.29) is 5.91 Å². The minimum absolute atomic E-state index is 0.0260. The number of ether oxygens (including phenoxy) is 1. The number of amides is 1. The van der Waals surface area contributed by atoms with Gasteiger partial charge in [-0.3, -0.25) is 4.79 Å². The largest absolute Gasteiger partial charge is 0.490 e. The summed E-state index contributed by atoms with van der Waals surface area (Å²) in [4.78, 5) is 16.9. The Hall–Kier alpha value is -2.41. The molecule has 7 heteroatoms. The summed E-state index contributed by atoms with van der Waals surface area (Å²) in [6, 6.07) is 8.74. The Balaban J connectivity index is 1.17. The molecule has 1 saturated carbocycles. The summed E-state index contributed by atoms with van der Waals surface area (Å²) in [6.45, 7) is 3.94. The average Bonchev–Trinajstić information content (AvgIpc) is 3.41. The summed E-state index contributed by atoms with van der Waals surface area (Å²) in [5.74, 6) is 0.867. The lowest BCUT2D eigenvalue weighted by Crippen LogP contribution is -2.46. The summed E-state index contributed by atoms with van der Waals surface area (Å²) in [5, 5.41) is 8.21. The van der Waals surface area contributed by atoms with Gasteiger partial charge < -0.3 is 14.5 Å². The molecule has 0 radical (unpaired) electrons. The lowest BCUT2D eigenvalue weighted by Gasteiger charge is -2.41. The van der Waals surface area contributed by atoms with Crippen molar-refractivity contribution in [3.8, 4) is 11.4 Å². The fourth-order valence-corrected chi connectivity index (χ4v) is 4.55. The first-order valence-corrected chi connectivity index (χ1v) is 11.0. The highest BCUT2D eigenvalue weighted by molar-refractivity contribution is 5.92. The molecule has 2 aliphatic heterocycles. The lowest BCUT2D eigenvalue weighted by molar-refractivity contribution is 0.0493. The van der Waals surface area contributed by atoms with E-state index in [1.54, 1.807) is 10.9 Å². The molecule has 0 atom stereocenters. The van der Waals surface area contributed by atoms with E-state index >= 15 is 0 Å². The maximum Gasteiger partial charge on any atom is 0.276 e. The highest BCUT2D eigenvalue weighted by Gasteiger charge is 2.29. The van der Waals surface area contributed by atoms with Gasteiger partial charge >= 0.3 is 0 Å². The van der Waals surface area contributed by atoms with E-state index in [4.69, 9.17) is 4.74 Å². The Morgan fingerprint density at radius 2 is 1.66 bits per heavy atom. The van der Waals surface area contributed by atoms with Crippen LogP contribution in [0, 0.1) is 0 Å². The van der Waals surface area contributed by atoms with Gasteiger partial charge in [0.05, 0.1) is 11.9 Å². The van der Waals surface area contributed by atoms with Crippen LogP contribution in [0.2, 0.25) is 0 Å². The standard InChI is InChI=1S/C22H29N5O2/c28-22(26-12-1-2-13-26)21-16-27(24-23-21)18-6-8-19(9-7-18)29-20-10-14-25(15-11-20)17-4-3-5-17/h6-9,16-17,20H,1-5,10-15H2. The average molecular weight is 396 g/mol. The maximum atomic E-state index is 12.4. The number of aromatic nitrogens is 3. The number of hydrogen-bond donors (Lipinski definition) is 0. The minimum atomic E-state index is -0.0260. The number of carbonyl (C=O) groups is 1. The zero-order chi connectivity index (χ0) is 19.6. The Labute approximate surface area is 171 Å². The van der Waals surface area contributed by atoms with Gasteiger partial charge in [0.1, 0.15) is 11.9 Å².